The molecular formula is C22H23NO6. The molecule has 2 heterocycles. The van der Waals surface area contributed by atoms with Crippen molar-refractivity contribution in [2.45, 2.75) is 0 Å². The molecule has 0 radical (unpaired) electrons. The van der Waals surface area contributed by atoms with Crippen LogP contribution >= 0.6 is 0 Å². The summed E-state index contributed by atoms with van der Waals surface area (Å²) >= 11 is 0. The first-order valence-electron chi connectivity index (χ1n) is 9.53. The summed E-state index contributed by atoms with van der Waals surface area (Å²) in [6, 6.07) is 12.0. The van der Waals surface area contributed by atoms with Crippen molar-refractivity contribution >= 4 is 11.0 Å². The van der Waals surface area contributed by atoms with Gasteiger partial charge in [-0.15, -0.1) is 0 Å². The van der Waals surface area contributed by atoms with Gasteiger partial charge in [-0.1, -0.05) is 12.1 Å². The van der Waals surface area contributed by atoms with Crippen molar-refractivity contribution in [3.8, 4) is 28.4 Å². The molecule has 152 valence electrons. The van der Waals surface area contributed by atoms with Gasteiger partial charge in [0, 0.05) is 25.7 Å². The molecule has 1 saturated heterocycles. The number of hydrogen-bond donors (Lipinski definition) is 1. The molecule has 1 aliphatic rings. The van der Waals surface area contributed by atoms with Crippen LogP contribution in [0.1, 0.15) is 0 Å². The number of rotatable bonds is 6. The molecule has 0 saturated carbocycles. The van der Waals surface area contributed by atoms with Gasteiger partial charge in [-0.25, -0.2) is 4.79 Å². The normalized spacial score (nSPS) is 14.8. The average Bonchev–Trinajstić information content (AvgIpc) is 2.75. The Hall–Kier alpha value is -3.03. The van der Waals surface area contributed by atoms with E-state index in [-0.39, 0.29) is 16.9 Å². The number of nitrogens with zero attached hydrogens (tertiary/aromatic N) is 1. The fourth-order valence-electron chi connectivity index (χ4n) is 3.38. The highest BCUT2D eigenvalue weighted by molar-refractivity contribution is 5.90. The Morgan fingerprint density at radius 2 is 1.79 bits per heavy atom. The molecule has 7 nitrogen and oxygen atoms in total. The van der Waals surface area contributed by atoms with Gasteiger partial charge in [0.1, 0.15) is 35.0 Å². The Morgan fingerprint density at radius 1 is 1.07 bits per heavy atom. The molecule has 2 aromatic carbocycles. The number of hydrogen-bond acceptors (Lipinski definition) is 7. The van der Waals surface area contributed by atoms with E-state index in [1.807, 2.05) is 0 Å². The molecule has 0 atom stereocenters. The van der Waals surface area contributed by atoms with E-state index in [2.05, 4.69) is 4.90 Å². The number of benzene rings is 2. The van der Waals surface area contributed by atoms with Crippen LogP contribution < -0.4 is 15.1 Å². The van der Waals surface area contributed by atoms with Crippen LogP contribution in [0.3, 0.4) is 0 Å². The zero-order valence-corrected chi connectivity index (χ0v) is 16.2. The van der Waals surface area contributed by atoms with Crippen LogP contribution in [0, 0.1) is 0 Å². The lowest BCUT2D eigenvalue weighted by atomic mass is 10.0. The maximum absolute atomic E-state index is 12.5. The Kier molecular flexibility index (Phi) is 5.69. The molecular weight excluding hydrogens is 374 g/mol. The fourth-order valence-corrected chi connectivity index (χ4v) is 3.38. The van der Waals surface area contributed by atoms with Gasteiger partial charge in [0.25, 0.3) is 0 Å². The highest BCUT2D eigenvalue weighted by atomic mass is 16.5. The molecule has 0 unspecified atom stereocenters. The first-order valence-corrected chi connectivity index (χ1v) is 9.53. The first kappa shape index (κ1) is 19.3. The van der Waals surface area contributed by atoms with Crippen LogP contribution in [0.25, 0.3) is 22.1 Å². The predicted molar refractivity (Wildman–Crippen MR) is 109 cm³/mol. The quantitative estimate of drug-likeness (QED) is 0.641. The van der Waals surface area contributed by atoms with E-state index in [1.165, 1.54) is 0 Å². The second-order valence-corrected chi connectivity index (χ2v) is 6.80. The lowest BCUT2D eigenvalue weighted by Crippen LogP contribution is -2.38. The molecule has 4 rings (SSSR count). The van der Waals surface area contributed by atoms with Gasteiger partial charge >= 0.3 is 5.63 Å². The standard InChI is InChI=1S/C22H23NO6/c1-26-16-4-2-15(3-5-16)20-21(24)18-7-6-17(14-19(18)29-22(20)25)28-13-10-23-8-11-27-12-9-23/h2-7,14,24H,8-13H2,1H3. The summed E-state index contributed by atoms with van der Waals surface area (Å²) in [6.45, 7) is 4.61. The van der Waals surface area contributed by atoms with Crippen LogP contribution in [-0.2, 0) is 4.74 Å². The van der Waals surface area contributed by atoms with Gasteiger partial charge in [-0.2, -0.15) is 0 Å². The van der Waals surface area contributed by atoms with Gasteiger partial charge in [0.2, 0.25) is 0 Å². The molecule has 1 fully saturated rings. The topological polar surface area (TPSA) is 81.4 Å². The second-order valence-electron chi connectivity index (χ2n) is 6.80. The average molecular weight is 397 g/mol. The van der Waals surface area contributed by atoms with Gasteiger partial charge in [-0.05, 0) is 29.8 Å². The highest BCUT2D eigenvalue weighted by Crippen LogP contribution is 2.35. The summed E-state index contributed by atoms with van der Waals surface area (Å²) < 4.78 is 21.7. The van der Waals surface area contributed by atoms with E-state index in [9.17, 15) is 9.90 Å². The smallest absolute Gasteiger partial charge is 0.347 e. The van der Waals surface area contributed by atoms with E-state index in [0.717, 1.165) is 32.8 Å². The minimum Gasteiger partial charge on any atom is -0.506 e. The fraction of sp³-hybridized carbons (Fsp3) is 0.318. The van der Waals surface area contributed by atoms with Gasteiger partial charge in [0.15, 0.2) is 0 Å². The number of ether oxygens (including phenoxy) is 3. The van der Waals surface area contributed by atoms with Crippen LogP contribution in [0.15, 0.2) is 51.7 Å². The van der Waals surface area contributed by atoms with Gasteiger partial charge in [0.05, 0.1) is 25.7 Å². The number of methoxy groups -OCH3 is 1. The SMILES string of the molecule is COc1ccc(-c2c(O)c3ccc(OCCN4CCOCC4)cc3oc2=O)cc1. The van der Waals surface area contributed by atoms with Crippen molar-refractivity contribution in [3.63, 3.8) is 0 Å². The molecule has 3 aromatic rings. The van der Waals surface area contributed by atoms with E-state index in [4.69, 9.17) is 18.6 Å². The summed E-state index contributed by atoms with van der Waals surface area (Å²) in [4.78, 5) is 14.8. The van der Waals surface area contributed by atoms with Crippen molar-refractivity contribution in [1.29, 1.82) is 0 Å². The lowest BCUT2D eigenvalue weighted by molar-refractivity contribution is 0.0322. The molecule has 0 spiro atoms. The minimum absolute atomic E-state index is 0.110. The number of fused-ring (bicyclic) bond motifs is 1. The highest BCUT2D eigenvalue weighted by Gasteiger charge is 2.17. The van der Waals surface area contributed by atoms with E-state index >= 15 is 0 Å². The molecule has 0 bridgehead atoms. The summed E-state index contributed by atoms with van der Waals surface area (Å²) in [6.07, 6.45) is 0. The monoisotopic (exact) mass is 397 g/mol. The Bertz CT molecular complexity index is 1040. The third-order valence-electron chi connectivity index (χ3n) is 5.01. The summed E-state index contributed by atoms with van der Waals surface area (Å²) in [5.41, 5.74) is 0.366. The largest absolute Gasteiger partial charge is 0.506 e. The molecule has 7 heteroatoms. The van der Waals surface area contributed by atoms with Crippen molar-refractivity contribution in [2.24, 2.45) is 0 Å². The van der Waals surface area contributed by atoms with Gasteiger partial charge in [-0.3, -0.25) is 4.90 Å². The van der Waals surface area contributed by atoms with Crippen molar-refractivity contribution in [3.05, 3.63) is 52.9 Å². The summed E-state index contributed by atoms with van der Waals surface area (Å²) in [5, 5.41) is 11.2. The van der Waals surface area contributed by atoms with E-state index < -0.39 is 5.63 Å². The maximum atomic E-state index is 12.5. The van der Waals surface area contributed by atoms with Crippen LogP contribution in [0.2, 0.25) is 0 Å². The molecule has 1 N–H and O–H groups in total. The molecule has 1 aliphatic heterocycles. The predicted octanol–water partition coefficient (Wildman–Crippen LogP) is 2.89. The molecule has 0 aliphatic carbocycles. The summed E-state index contributed by atoms with van der Waals surface area (Å²) in [7, 11) is 1.57. The first-order chi connectivity index (χ1) is 14.2. The molecule has 1 aromatic heterocycles. The summed E-state index contributed by atoms with van der Waals surface area (Å²) in [5.74, 6) is 1.14. The third kappa shape index (κ3) is 4.21. The number of aromatic hydroxyl groups is 1. The third-order valence-corrected chi connectivity index (χ3v) is 5.01. The Balaban J connectivity index is 1.55. The van der Waals surface area contributed by atoms with Crippen molar-refractivity contribution in [1.82, 2.24) is 4.90 Å². The van der Waals surface area contributed by atoms with Crippen LogP contribution in [0.5, 0.6) is 17.2 Å². The lowest BCUT2D eigenvalue weighted by Gasteiger charge is -2.26. The van der Waals surface area contributed by atoms with Crippen LogP contribution in [0.4, 0.5) is 0 Å². The van der Waals surface area contributed by atoms with Crippen LogP contribution in [-0.4, -0.2) is 56.6 Å². The van der Waals surface area contributed by atoms with E-state index in [1.54, 1.807) is 49.6 Å². The minimum atomic E-state index is -0.606. The maximum Gasteiger partial charge on any atom is 0.347 e. The number of morpholine rings is 1. The van der Waals surface area contributed by atoms with E-state index in [0.29, 0.717) is 29.1 Å². The zero-order valence-electron chi connectivity index (χ0n) is 16.2. The van der Waals surface area contributed by atoms with Gasteiger partial charge < -0.3 is 23.7 Å². The second kappa shape index (κ2) is 8.55. The Labute approximate surface area is 168 Å². The van der Waals surface area contributed by atoms with Crippen molar-refractivity contribution < 1.29 is 23.7 Å². The Morgan fingerprint density at radius 3 is 2.52 bits per heavy atom. The molecule has 0 amide bonds. The zero-order chi connectivity index (χ0) is 20.2. The molecule has 29 heavy (non-hydrogen) atoms. The van der Waals surface area contributed by atoms with Crippen molar-refractivity contribution in [2.75, 3.05) is 46.6 Å².